The zero-order valence-corrected chi connectivity index (χ0v) is 26.5. The minimum Gasteiger partial charge on any atom is -0.463 e. The molecule has 48 heavy (non-hydrogen) atoms. The van der Waals surface area contributed by atoms with Gasteiger partial charge in [0.15, 0.2) is 30.8 Å². The second-order valence-electron chi connectivity index (χ2n) is 10.6. The molecule has 3 aliphatic heterocycles. The molecule has 0 bridgehead atoms. The van der Waals surface area contributed by atoms with Gasteiger partial charge in [-0.05, 0) is 0 Å². The molecule has 0 radical (unpaired) electrons. The first-order chi connectivity index (χ1) is 22.8. The van der Waals surface area contributed by atoms with Crippen LogP contribution in [-0.2, 0) is 76.1 Å². The van der Waals surface area contributed by atoms with Gasteiger partial charge in [-0.25, -0.2) is 9.67 Å². The molecule has 1 aromatic rings. The lowest BCUT2D eigenvalue weighted by Gasteiger charge is -2.44. The molecule has 0 spiro atoms. The molecule has 1 amide bonds. The predicted octanol–water partition coefficient (Wildman–Crippen LogP) is -1.98. The topological polar surface area (TPSA) is 261 Å². The molecule has 21 heteroatoms. The summed E-state index contributed by atoms with van der Waals surface area (Å²) >= 11 is 0. The Morgan fingerprint density at radius 1 is 0.792 bits per heavy atom. The van der Waals surface area contributed by atoms with Gasteiger partial charge in [-0.3, -0.25) is 28.8 Å². The van der Waals surface area contributed by atoms with Crippen LogP contribution < -0.4 is 5.73 Å². The molecule has 4 heterocycles. The van der Waals surface area contributed by atoms with E-state index in [-0.39, 0.29) is 25.5 Å². The number of hydrogen-bond donors (Lipinski definition) is 1. The van der Waals surface area contributed by atoms with Crippen LogP contribution in [0.4, 0.5) is 0 Å². The number of esters is 5. The van der Waals surface area contributed by atoms with Crippen LogP contribution in [0.5, 0.6) is 0 Å². The minimum absolute atomic E-state index is 0.246. The van der Waals surface area contributed by atoms with Gasteiger partial charge < -0.3 is 57.8 Å². The Hall–Kier alpha value is -4.28. The van der Waals surface area contributed by atoms with E-state index in [0.717, 1.165) is 27.7 Å². The van der Waals surface area contributed by atoms with Crippen molar-refractivity contribution in [1.29, 1.82) is 0 Å². The van der Waals surface area contributed by atoms with Crippen LogP contribution in [0.3, 0.4) is 0 Å². The monoisotopic (exact) mass is 688 g/mol. The van der Waals surface area contributed by atoms with Crippen LogP contribution in [-0.4, -0.2) is 133 Å². The van der Waals surface area contributed by atoms with E-state index in [0.29, 0.717) is 0 Å². The molecule has 10 atom stereocenters. The van der Waals surface area contributed by atoms with Crippen molar-refractivity contribution in [2.24, 2.45) is 5.73 Å². The van der Waals surface area contributed by atoms with Crippen LogP contribution in [0, 0.1) is 0 Å². The van der Waals surface area contributed by atoms with Gasteiger partial charge in [0.25, 0.3) is 12.4 Å². The fourth-order valence-electron chi connectivity index (χ4n) is 5.10. The number of amides is 1. The lowest BCUT2D eigenvalue weighted by molar-refractivity contribution is -0.308. The van der Waals surface area contributed by atoms with E-state index >= 15 is 0 Å². The summed E-state index contributed by atoms with van der Waals surface area (Å²) in [5, 5.41) is 3.99. The number of hydrogen-bond acceptors (Lipinski definition) is 19. The number of methoxy groups -OCH3 is 1. The SMILES string of the molecule is COC1O[C@@H]2[C@H](O1)[C@@H](COC(=O)CCO[C@@H]1OC(COC(C)=O)[C@H](OC(C)=O)C(OC(C)=O)C1OC(C)=O)O[C@H]2n1cnc(C(N)=O)n1. The molecule has 0 aliphatic carbocycles. The molecular weight excluding hydrogens is 652 g/mol. The van der Waals surface area contributed by atoms with E-state index in [1.165, 1.54) is 18.1 Å². The molecular formula is C27H36N4O17. The number of carbonyl (C=O) groups is 6. The predicted molar refractivity (Wildman–Crippen MR) is 146 cm³/mol. The standard InChI is InChI=1S/C27H36N4O17/c1-11(32)40-8-16-18(42-12(2)33)20(43-13(3)34)22(44-14(4)35)26(46-16)39-7-6-17(36)41-9-15-19-21(48-27(38-5)47-19)25(45-15)31-10-29-24(30-31)23(28)37/h10,15-16,18-22,25-27H,6-9H2,1-5H3,(H2,28,37)/t15-,16?,18+,19-,20?,21-,22?,25-,26-,27?/m1/s1. The summed E-state index contributed by atoms with van der Waals surface area (Å²) in [5.41, 5.74) is 5.23. The maximum atomic E-state index is 12.7. The highest BCUT2D eigenvalue weighted by atomic mass is 16.9. The Labute approximate surface area is 272 Å². The second kappa shape index (κ2) is 16.2. The normalized spacial score (nSPS) is 30.9. The molecule has 266 valence electrons. The zero-order valence-electron chi connectivity index (χ0n) is 26.5. The van der Waals surface area contributed by atoms with Crippen molar-refractivity contribution in [2.45, 2.75) is 95.8 Å². The molecule has 4 rings (SSSR count). The Morgan fingerprint density at radius 2 is 1.42 bits per heavy atom. The Kier molecular flexibility index (Phi) is 12.3. The first-order valence-electron chi connectivity index (χ1n) is 14.5. The van der Waals surface area contributed by atoms with Crippen LogP contribution in [0.25, 0.3) is 0 Å². The van der Waals surface area contributed by atoms with Gasteiger partial charge in [-0.15, -0.1) is 5.10 Å². The van der Waals surface area contributed by atoms with Gasteiger partial charge >= 0.3 is 29.8 Å². The van der Waals surface area contributed by atoms with Crippen molar-refractivity contribution in [1.82, 2.24) is 14.8 Å². The summed E-state index contributed by atoms with van der Waals surface area (Å²) in [4.78, 5) is 75.3. The van der Waals surface area contributed by atoms with Gasteiger partial charge in [0.05, 0.1) is 13.0 Å². The zero-order chi connectivity index (χ0) is 35.1. The molecule has 3 aliphatic rings. The third-order valence-corrected chi connectivity index (χ3v) is 6.95. The maximum Gasteiger partial charge on any atom is 0.308 e. The van der Waals surface area contributed by atoms with Crippen molar-refractivity contribution in [3.05, 3.63) is 12.2 Å². The lowest BCUT2D eigenvalue weighted by Crippen LogP contribution is -2.63. The van der Waals surface area contributed by atoms with E-state index in [1.807, 2.05) is 0 Å². The molecule has 2 N–H and O–H groups in total. The number of carbonyl (C=O) groups excluding carboxylic acids is 6. The molecule has 3 fully saturated rings. The van der Waals surface area contributed by atoms with Crippen molar-refractivity contribution >= 4 is 35.8 Å². The number of nitrogens with zero attached hydrogens (tertiary/aromatic N) is 3. The number of fused-ring (bicyclic) bond motifs is 1. The fraction of sp³-hybridized carbons (Fsp3) is 0.704. The van der Waals surface area contributed by atoms with Gasteiger partial charge in [-0.2, -0.15) is 0 Å². The number of aromatic nitrogens is 3. The largest absolute Gasteiger partial charge is 0.463 e. The second-order valence-corrected chi connectivity index (χ2v) is 10.6. The number of primary amides is 1. The molecule has 0 aromatic carbocycles. The first-order valence-corrected chi connectivity index (χ1v) is 14.5. The Morgan fingerprint density at radius 3 is 2.02 bits per heavy atom. The average molecular weight is 689 g/mol. The number of rotatable bonds is 14. The van der Waals surface area contributed by atoms with Gasteiger partial charge in [-0.1, -0.05) is 0 Å². The minimum atomic E-state index is -1.47. The molecule has 21 nitrogen and oxygen atoms in total. The van der Waals surface area contributed by atoms with Crippen LogP contribution >= 0.6 is 0 Å². The van der Waals surface area contributed by atoms with Crippen LogP contribution in [0.15, 0.2) is 6.33 Å². The molecule has 1 aromatic heterocycles. The van der Waals surface area contributed by atoms with Crippen molar-refractivity contribution in [3.63, 3.8) is 0 Å². The first kappa shape index (κ1) is 36.6. The quantitative estimate of drug-likeness (QED) is 0.164. The third kappa shape index (κ3) is 9.20. The maximum absolute atomic E-state index is 12.7. The van der Waals surface area contributed by atoms with Crippen molar-refractivity contribution in [2.75, 3.05) is 26.9 Å². The van der Waals surface area contributed by atoms with Crippen LogP contribution in [0.1, 0.15) is 51.0 Å². The molecule has 3 saturated heterocycles. The highest BCUT2D eigenvalue weighted by Crippen LogP contribution is 2.39. The van der Waals surface area contributed by atoms with E-state index in [9.17, 15) is 28.8 Å². The summed E-state index contributed by atoms with van der Waals surface area (Å²) in [6.45, 7) is 2.26. The summed E-state index contributed by atoms with van der Waals surface area (Å²) in [6, 6.07) is 0. The molecule has 4 unspecified atom stereocenters. The number of ether oxygens (including phenoxy) is 11. The van der Waals surface area contributed by atoms with E-state index in [4.69, 9.17) is 57.8 Å². The highest BCUT2D eigenvalue weighted by Gasteiger charge is 2.55. The van der Waals surface area contributed by atoms with Gasteiger partial charge in [0.1, 0.15) is 44.0 Å². The van der Waals surface area contributed by atoms with E-state index in [2.05, 4.69) is 10.1 Å². The van der Waals surface area contributed by atoms with Gasteiger partial charge in [0.2, 0.25) is 5.82 Å². The lowest BCUT2D eigenvalue weighted by atomic mass is 9.98. The number of nitrogens with two attached hydrogens (primary N) is 1. The van der Waals surface area contributed by atoms with E-state index in [1.54, 1.807) is 0 Å². The summed E-state index contributed by atoms with van der Waals surface area (Å²) in [5.74, 6) is -4.93. The summed E-state index contributed by atoms with van der Waals surface area (Å²) < 4.78 is 61.6. The third-order valence-electron chi connectivity index (χ3n) is 6.95. The van der Waals surface area contributed by atoms with Gasteiger partial charge in [0, 0.05) is 34.8 Å². The van der Waals surface area contributed by atoms with Crippen LogP contribution in [0.2, 0.25) is 0 Å². The fourth-order valence-corrected chi connectivity index (χ4v) is 5.10. The van der Waals surface area contributed by atoms with Crippen molar-refractivity contribution in [3.8, 4) is 0 Å². The molecule has 0 saturated carbocycles. The smallest absolute Gasteiger partial charge is 0.308 e. The Balaban J connectivity index is 1.39. The summed E-state index contributed by atoms with van der Waals surface area (Å²) in [6.07, 6.45) is -9.38. The Bertz CT molecular complexity index is 1350. The summed E-state index contributed by atoms with van der Waals surface area (Å²) in [7, 11) is 1.36. The average Bonchev–Trinajstić information content (AvgIpc) is 3.73. The highest BCUT2D eigenvalue weighted by molar-refractivity contribution is 5.88. The van der Waals surface area contributed by atoms with E-state index < -0.39 is 104 Å². The van der Waals surface area contributed by atoms with Crippen molar-refractivity contribution < 1.29 is 80.9 Å².